The van der Waals surface area contributed by atoms with Crippen LogP contribution >= 0.6 is 0 Å². The summed E-state index contributed by atoms with van der Waals surface area (Å²) in [5, 5.41) is 12.4. The number of nitrogens with zero attached hydrogens (tertiary/aromatic N) is 1. The van der Waals surface area contributed by atoms with Crippen LogP contribution in [0.4, 0.5) is 0 Å². The lowest BCUT2D eigenvalue weighted by Crippen LogP contribution is -2.00. The Labute approximate surface area is 92.5 Å². The third-order valence-corrected chi connectivity index (χ3v) is 2.49. The van der Waals surface area contributed by atoms with Crippen molar-refractivity contribution < 1.29 is 14.4 Å². The molecule has 4 heteroatoms. The smallest absolute Gasteiger partial charge is 0.340 e. The minimum atomic E-state index is -1.01. The first kappa shape index (κ1) is 10.4. The van der Waals surface area contributed by atoms with Crippen LogP contribution in [0.2, 0.25) is 0 Å². The molecule has 0 aliphatic rings. The Morgan fingerprint density at radius 2 is 2.19 bits per heavy atom. The van der Waals surface area contributed by atoms with E-state index in [1.54, 1.807) is 0 Å². The molecule has 16 heavy (non-hydrogen) atoms. The number of benzene rings is 1. The maximum Gasteiger partial charge on any atom is 0.340 e. The molecule has 0 aliphatic heterocycles. The molecule has 0 spiro atoms. The van der Waals surface area contributed by atoms with Crippen LogP contribution in [0.3, 0.4) is 0 Å². The molecule has 0 saturated carbocycles. The molecule has 1 aromatic carbocycles. The van der Waals surface area contributed by atoms with Gasteiger partial charge in [0, 0.05) is 6.42 Å². The monoisotopic (exact) mass is 217 g/mol. The van der Waals surface area contributed by atoms with Crippen molar-refractivity contribution in [3.63, 3.8) is 0 Å². The van der Waals surface area contributed by atoms with E-state index in [0.29, 0.717) is 12.2 Å². The zero-order chi connectivity index (χ0) is 11.5. The zero-order valence-electron chi connectivity index (χ0n) is 8.80. The average molecular weight is 217 g/mol. The SMILES string of the molecule is Cc1ccccc1Cc1oncc1C(=O)O. The van der Waals surface area contributed by atoms with Crippen molar-refractivity contribution >= 4 is 5.97 Å². The topological polar surface area (TPSA) is 63.3 Å². The first-order valence-electron chi connectivity index (χ1n) is 4.90. The lowest BCUT2D eigenvalue weighted by Gasteiger charge is -2.02. The maximum atomic E-state index is 10.9. The first-order valence-corrected chi connectivity index (χ1v) is 4.90. The standard InChI is InChI=1S/C12H11NO3/c1-8-4-2-3-5-9(8)6-11-10(12(14)15)7-13-16-11/h2-5,7H,6H2,1H3,(H,14,15). The molecule has 0 amide bonds. The fourth-order valence-corrected chi connectivity index (χ4v) is 1.55. The van der Waals surface area contributed by atoms with E-state index in [0.717, 1.165) is 11.1 Å². The predicted octanol–water partition coefficient (Wildman–Crippen LogP) is 2.27. The first-order chi connectivity index (χ1) is 7.68. The van der Waals surface area contributed by atoms with Gasteiger partial charge in [-0.3, -0.25) is 0 Å². The van der Waals surface area contributed by atoms with Gasteiger partial charge in [-0.1, -0.05) is 29.4 Å². The number of aromatic nitrogens is 1. The number of aromatic carboxylic acids is 1. The van der Waals surface area contributed by atoms with Crippen molar-refractivity contribution in [1.29, 1.82) is 0 Å². The van der Waals surface area contributed by atoms with Crippen molar-refractivity contribution in [2.24, 2.45) is 0 Å². The van der Waals surface area contributed by atoms with Gasteiger partial charge < -0.3 is 9.63 Å². The molecule has 2 aromatic rings. The van der Waals surface area contributed by atoms with E-state index in [-0.39, 0.29) is 5.56 Å². The fourth-order valence-electron chi connectivity index (χ4n) is 1.55. The largest absolute Gasteiger partial charge is 0.478 e. The van der Waals surface area contributed by atoms with Gasteiger partial charge in [-0.2, -0.15) is 0 Å². The van der Waals surface area contributed by atoms with E-state index < -0.39 is 5.97 Å². The van der Waals surface area contributed by atoms with Gasteiger partial charge in [0.1, 0.15) is 5.56 Å². The number of rotatable bonds is 3. The van der Waals surface area contributed by atoms with Crippen LogP contribution in [0.1, 0.15) is 27.2 Å². The summed E-state index contributed by atoms with van der Waals surface area (Å²) in [5.74, 6) is -0.619. The van der Waals surface area contributed by atoms with Gasteiger partial charge in [-0.15, -0.1) is 0 Å². The molecule has 0 aliphatic carbocycles. The fraction of sp³-hybridized carbons (Fsp3) is 0.167. The van der Waals surface area contributed by atoms with Crippen LogP contribution in [-0.4, -0.2) is 16.2 Å². The minimum absolute atomic E-state index is 0.128. The maximum absolute atomic E-state index is 10.9. The van der Waals surface area contributed by atoms with Gasteiger partial charge in [0.2, 0.25) is 0 Å². The summed E-state index contributed by atoms with van der Waals surface area (Å²) in [6, 6.07) is 7.78. The molecule has 1 N–H and O–H groups in total. The van der Waals surface area contributed by atoms with Gasteiger partial charge in [0.05, 0.1) is 6.20 Å². The summed E-state index contributed by atoms with van der Waals surface area (Å²) >= 11 is 0. The third kappa shape index (κ3) is 1.95. The Balaban J connectivity index is 2.31. The van der Waals surface area contributed by atoms with Crippen LogP contribution in [-0.2, 0) is 6.42 Å². The molecule has 2 rings (SSSR count). The molecule has 82 valence electrons. The highest BCUT2D eigenvalue weighted by Crippen LogP contribution is 2.16. The second kappa shape index (κ2) is 4.18. The van der Waals surface area contributed by atoms with E-state index in [1.807, 2.05) is 31.2 Å². The minimum Gasteiger partial charge on any atom is -0.478 e. The Hall–Kier alpha value is -2.10. The van der Waals surface area contributed by atoms with Gasteiger partial charge in [0.15, 0.2) is 5.76 Å². The Bertz CT molecular complexity index is 516. The van der Waals surface area contributed by atoms with E-state index in [2.05, 4.69) is 5.16 Å². The van der Waals surface area contributed by atoms with Crippen LogP contribution in [0.5, 0.6) is 0 Å². The summed E-state index contributed by atoms with van der Waals surface area (Å²) in [6.45, 7) is 1.98. The van der Waals surface area contributed by atoms with Gasteiger partial charge >= 0.3 is 5.97 Å². The summed E-state index contributed by atoms with van der Waals surface area (Å²) < 4.78 is 4.95. The summed E-state index contributed by atoms with van der Waals surface area (Å²) in [6.07, 6.45) is 1.68. The van der Waals surface area contributed by atoms with E-state index >= 15 is 0 Å². The average Bonchev–Trinajstić information content (AvgIpc) is 2.69. The molecule has 0 bridgehead atoms. The quantitative estimate of drug-likeness (QED) is 0.856. The van der Waals surface area contributed by atoms with E-state index in [1.165, 1.54) is 6.20 Å². The highest BCUT2D eigenvalue weighted by molar-refractivity contribution is 5.88. The molecule has 1 heterocycles. The van der Waals surface area contributed by atoms with Crippen LogP contribution in [0.15, 0.2) is 35.0 Å². The number of carboxylic acids is 1. The van der Waals surface area contributed by atoms with E-state index in [9.17, 15) is 4.79 Å². The number of aryl methyl sites for hydroxylation is 1. The molecule has 4 nitrogen and oxygen atoms in total. The Kier molecular flexibility index (Phi) is 2.72. The molecule has 0 unspecified atom stereocenters. The van der Waals surface area contributed by atoms with E-state index in [4.69, 9.17) is 9.63 Å². The number of hydrogen-bond acceptors (Lipinski definition) is 3. The molecular weight excluding hydrogens is 206 g/mol. The molecular formula is C12H11NO3. The zero-order valence-corrected chi connectivity index (χ0v) is 8.80. The molecule has 0 radical (unpaired) electrons. The predicted molar refractivity (Wildman–Crippen MR) is 57.4 cm³/mol. The normalized spacial score (nSPS) is 10.3. The Morgan fingerprint density at radius 3 is 2.88 bits per heavy atom. The molecule has 0 fully saturated rings. The molecule has 0 atom stereocenters. The second-order valence-electron chi connectivity index (χ2n) is 3.57. The summed E-state index contributed by atoms with van der Waals surface area (Å²) in [7, 11) is 0. The van der Waals surface area contributed by atoms with Crippen molar-refractivity contribution in [3.8, 4) is 0 Å². The van der Waals surface area contributed by atoms with Gasteiger partial charge in [0.25, 0.3) is 0 Å². The molecule has 1 aromatic heterocycles. The van der Waals surface area contributed by atoms with Crippen molar-refractivity contribution in [2.45, 2.75) is 13.3 Å². The van der Waals surface area contributed by atoms with Crippen LogP contribution in [0, 0.1) is 6.92 Å². The van der Waals surface area contributed by atoms with Crippen LogP contribution in [0.25, 0.3) is 0 Å². The summed E-state index contributed by atoms with van der Waals surface area (Å²) in [4.78, 5) is 10.9. The number of carboxylic acid groups (broad SMARTS) is 1. The van der Waals surface area contributed by atoms with Crippen molar-refractivity contribution in [1.82, 2.24) is 5.16 Å². The van der Waals surface area contributed by atoms with Crippen molar-refractivity contribution in [3.05, 3.63) is 52.9 Å². The second-order valence-corrected chi connectivity index (χ2v) is 3.57. The molecule has 0 saturated heterocycles. The summed E-state index contributed by atoms with van der Waals surface area (Å²) in [5.41, 5.74) is 2.28. The van der Waals surface area contributed by atoms with Crippen LogP contribution < -0.4 is 0 Å². The highest BCUT2D eigenvalue weighted by Gasteiger charge is 2.15. The highest BCUT2D eigenvalue weighted by atomic mass is 16.5. The number of carbonyl (C=O) groups is 1. The van der Waals surface area contributed by atoms with Gasteiger partial charge in [-0.25, -0.2) is 4.79 Å². The third-order valence-electron chi connectivity index (χ3n) is 2.49. The lowest BCUT2D eigenvalue weighted by atomic mass is 10.0. The van der Waals surface area contributed by atoms with Crippen molar-refractivity contribution in [2.75, 3.05) is 0 Å². The van der Waals surface area contributed by atoms with Gasteiger partial charge in [-0.05, 0) is 18.1 Å². The lowest BCUT2D eigenvalue weighted by molar-refractivity contribution is 0.0694. The number of hydrogen-bond donors (Lipinski definition) is 1. The Morgan fingerprint density at radius 1 is 1.44 bits per heavy atom.